The topological polar surface area (TPSA) is 105 Å². The van der Waals surface area contributed by atoms with Crippen molar-refractivity contribution in [1.29, 1.82) is 0 Å². The van der Waals surface area contributed by atoms with Gasteiger partial charge in [0.15, 0.2) is 16.3 Å². The van der Waals surface area contributed by atoms with Gasteiger partial charge in [-0.25, -0.2) is 9.79 Å². The number of rotatable bonds is 7. The third kappa shape index (κ3) is 5.30. The van der Waals surface area contributed by atoms with Crippen molar-refractivity contribution in [2.24, 2.45) is 4.99 Å². The van der Waals surface area contributed by atoms with E-state index in [1.54, 1.807) is 56.3 Å². The van der Waals surface area contributed by atoms with E-state index in [2.05, 4.69) is 20.9 Å². The van der Waals surface area contributed by atoms with E-state index >= 15 is 0 Å². The number of fused-ring (bicyclic) bond motifs is 1. The molecule has 1 aliphatic rings. The van der Waals surface area contributed by atoms with Crippen LogP contribution in [-0.2, 0) is 14.3 Å². The summed E-state index contributed by atoms with van der Waals surface area (Å²) in [5.41, 5.74) is 1.62. The summed E-state index contributed by atoms with van der Waals surface area (Å²) in [6.07, 6.45) is 1.70. The number of methoxy groups -OCH3 is 2. The van der Waals surface area contributed by atoms with Gasteiger partial charge in [-0.1, -0.05) is 39.4 Å². The van der Waals surface area contributed by atoms with Crippen LogP contribution in [0.1, 0.15) is 37.9 Å². The Hall–Kier alpha value is -3.70. The number of aromatic nitrogens is 1. The van der Waals surface area contributed by atoms with Crippen molar-refractivity contribution in [3.63, 3.8) is 0 Å². The van der Waals surface area contributed by atoms with Crippen LogP contribution in [0.15, 0.2) is 61.9 Å². The Bertz CT molecular complexity index is 1640. The summed E-state index contributed by atoms with van der Waals surface area (Å²) in [6.45, 7) is 4.92. The fourth-order valence-corrected chi connectivity index (χ4v) is 5.74. The second kappa shape index (κ2) is 11.4. The van der Waals surface area contributed by atoms with E-state index < -0.39 is 18.0 Å². The number of halogens is 1. The van der Waals surface area contributed by atoms with Gasteiger partial charge in [-0.05, 0) is 55.3 Å². The lowest BCUT2D eigenvalue weighted by Crippen LogP contribution is -2.40. The zero-order valence-electron chi connectivity index (χ0n) is 21.4. The molecule has 9 nitrogen and oxygen atoms in total. The Morgan fingerprint density at radius 2 is 1.87 bits per heavy atom. The van der Waals surface area contributed by atoms with Crippen LogP contribution in [0.5, 0.6) is 17.2 Å². The third-order valence-electron chi connectivity index (χ3n) is 5.73. The van der Waals surface area contributed by atoms with Crippen molar-refractivity contribution in [3.8, 4) is 17.2 Å². The van der Waals surface area contributed by atoms with Gasteiger partial charge in [-0.3, -0.25) is 14.2 Å². The molecule has 1 atom stereocenters. The standard InChI is InChI=1S/C27H25BrN2O7S/c1-6-36-26(33)23-14(2)29-27-30(24(23)18-12-20(34-4)21(35-5)13-19(18)28)25(32)22(38-27)11-16-8-7-9-17(10-16)37-15(3)31/h7-13,24H,6H2,1-5H3/b22-11-/t24-/m0/s1. The minimum Gasteiger partial charge on any atom is -0.493 e. The molecule has 0 N–H and O–H groups in total. The number of esters is 2. The number of thiazole rings is 1. The summed E-state index contributed by atoms with van der Waals surface area (Å²) in [5, 5.41) is 0. The predicted molar refractivity (Wildman–Crippen MR) is 145 cm³/mol. The number of hydrogen-bond donors (Lipinski definition) is 0. The molecule has 1 aliphatic heterocycles. The molecule has 198 valence electrons. The van der Waals surface area contributed by atoms with Crippen molar-refractivity contribution < 1.29 is 28.5 Å². The summed E-state index contributed by atoms with van der Waals surface area (Å²) in [7, 11) is 3.04. The van der Waals surface area contributed by atoms with E-state index in [0.717, 1.165) is 0 Å². The quantitative estimate of drug-likeness (QED) is 0.302. The molecular formula is C27H25BrN2O7S. The van der Waals surface area contributed by atoms with E-state index in [1.165, 1.54) is 37.0 Å². The number of allylic oxidation sites excluding steroid dienone is 1. The van der Waals surface area contributed by atoms with Crippen molar-refractivity contribution in [2.75, 3.05) is 20.8 Å². The Labute approximate surface area is 230 Å². The van der Waals surface area contributed by atoms with Crippen molar-refractivity contribution in [2.45, 2.75) is 26.8 Å². The number of carbonyl (C=O) groups excluding carboxylic acids is 2. The van der Waals surface area contributed by atoms with E-state index in [9.17, 15) is 14.4 Å². The van der Waals surface area contributed by atoms with Gasteiger partial charge in [0, 0.05) is 11.4 Å². The summed E-state index contributed by atoms with van der Waals surface area (Å²) >= 11 is 4.78. The first-order valence-electron chi connectivity index (χ1n) is 11.6. The van der Waals surface area contributed by atoms with E-state index in [4.69, 9.17) is 18.9 Å². The molecule has 0 aliphatic carbocycles. The van der Waals surface area contributed by atoms with Gasteiger partial charge in [0.1, 0.15) is 5.75 Å². The van der Waals surface area contributed by atoms with Gasteiger partial charge in [0.05, 0.1) is 42.7 Å². The molecule has 2 heterocycles. The van der Waals surface area contributed by atoms with Gasteiger partial charge in [0.2, 0.25) is 0 Å². The van der Waals surface area contributed by atoms with Crippen LogP contribution in [0.2, 0.25) is 0 Å². The molecule has 1 aromatic heterocycles. The highest BCUT2D eigenvalue weighted by Gasteiger charge is 2.35. The SMILES string of the molecule is CCOC(=O)C1=C(C)N=c2s/c(=C\c3cccc(OC(C)=O)c3)c(=O)n2[C@H]1c1cc(OC)c(OC)cc1Br. The molecule has 38 heavy (non-hydrogen) atoms. The minimum atomic E-state index is -0.839. The average molecular weight is 601 g/mol. The summed E-state index contributed by atoms with van der Waals surface area (Å²) in [4.78, 5) is 43.4. The maximum atomic E-state index is 13.8. The highest BCUT2D eigenvalue weighted by atomic mass is 79.9. The monoisotopic (exact) mass is 600 g/mol. The van der Waals surface area contributed by atoms with Crippen molar-refractivity contribution in [1.82, 2.24) is 4.57 Å². The van der Waals surface area contributed by atoms with Crippen LogP contribution in [-0.4, -0.2) is 37.3 Å². The number of ether oxygens (including phenoxy) is 4. The highest BCUT2D eigenvalue weighted by Crippen LogP contribution is 2.40. The Morgan fingerprint density at radius 3 is 2.53 bits per heavy atom. The first kappa shape index (κ1) is 27.3. The molecule has 0 amide bonds. The molecule has 0 saturated heterocycles. The summed E-state index contributed by atoms with van der Waals surface area (Å²) < 4.78 is 23.9. The maximum absolute atomic E-state index is 13.8. The number of carbonyl (C=O) groups is 2. The molecule has 0 unspecified atom stereocenters. The summed E-state index contributed by atoms with van der Waals surface area (Å²) in [6, 6.07) is 9.46. The van der Waals surface area contributed by atoms with Gasteiger partial charge in [-0.15, -0.1) is 0 Å². The molecule has 11 heteroatoms. The Kier molecular flexibility index (Phi) is 8.17. The zero-order chi connectivity index (χ0) is 27.6. The second-order valence-corrected chi connectivity index (χ2v) is 10.1. The molecule has 0 fully saturated rings. The maximum Gasteiger partial charge on any atom is 0.338 e. The lowest BCUT2D eigenvalue weighted by Gasteiger charge is -2.26. The fraction of sp³-hybridized carbons (Fsp3) is 0.259. The van der Waals surface area contributed by atoms with Crippen molar-refractivity contribution in [3.05, 3.63) is 83.0 Å². The Morgan fingerprint density at radius 1 is 1.16 bits per heavy atom. The van der Waals surface area contributed by atoms with E-state index in [0.29, 0.717) is 47.9 Å². The van der Waals surface area contributed by atoms with Crippen LogP contribution in [0.4, 0.5) is 0 Å². The largest absolute Gasteiger partial charge is 0.493 e. The number of benzene rings is 2. The molecule has 0 bridgehead atoms. The smallest absolute Gasteiger partial charge is 0.338 e. The molecule has 3 aromatic rings. The van der Waals surface area contributed by atoms with Crippen molar-refractivity contribution >= 4 is 45.3 Å². The minimum absolute atomic E-state index is 0.165. The number of hydrogen-bond acceptors (Lipinski definition) is 9. The van der Waals surface area contributed by atoms with Gasteiger partial charge >= 0.3 is 11.9 Å². The lowest BCUT2D eigenvalue weighted by molar-refractivity contribution is -0.139. The first-order valence-corrected chi connectivity index (χ1v) is 13.2. The predicted octanol–water partition coefficient (Wildman–Crippen LogP) is 3.50. The fourth-order valence-electron chi connectivity index (χ4n) is 4.15. The molecule has 0 saturated carbocycles. The molecule has 0 spiro atoms. The van der Waals surface area contributed by atoms with E-state index in [-0.39, 0.29) is 17.7 Å². The van der Waals surface area contributed by atoms with Gasteiger partial charge in [-0.2, -0.15) is 0 Å². The van der Waals surface area contributed by atoms with Crippen LogP contribution in [0.25, 0.3) is 6.08 Å². The summed E-state index contributed by atoms with van der Waals surface area (Å²) in [5.74, 6) is 0.286. The number of nitrogens with zero attached hydrogens (tertiary/aromatic N) is 2. The van der Waals surface area contributed by atoms with Crippen LogP contribution in [0.3, 0.4) is 0 Å². The highest BCUT2D eigenvalue weighted by molar-refractivity contribution is 9.10. The van der Waals surface area contributed by atoms with Crippen LogP contribution >= 0.6 is 27.3 Å². The molecule has 2 aromatic carbocycles. The van der Waals surface area contributed by atoms with Crippen LogP contribution in [0, 0.1) is 0 Å². The Balaban J connectivity index is 1.97. The molecule has 0 radical (unpaired) electrons. The zero-order valence-corrected chi connectivity index (χ0v) is 23.8. The normalized spacial score (nSPS) is 15.0. The molecular weight excluding hydrogens is 576 g/mol. The van der Waals surface area contributed by atoms with Gasteiger partial charge < -0.3 is 18.9 Å². The first-order chi connectivity index (χ1) is 18.2. The third-order valence-corrected chi connectivity index (χ3v) is 7.40. The second-order valence-electron chi connectivity index (χ2n) is 8.20. The van der Waals surface area contributed by atoms with Gasteiger partial charge in [0.25, 0.3) is 5.56 Å². The van der Waals surface area contributed by atoms with E-state index in [1.807, 2.05) is 0 Å². The van der Waals surface area contributed by atoms with Crippen LogP contribution < -0.4 is 29.1 Å². The average Bonchev–Trinajstić information content (AvgIpc) is 3.17. The molecule has 4 rings (SSSR count). The lowest BCUT2D eigenvalue weighted by atomic mass is 9.95.